The molecule has 0 spiro atoms. The van der Waals surface area contributed by atoms with Gasteiger partial charge in [0.2, 0.25) is 0 Å². The van der Waals surface area contributed by atoms with Gasteiger partial charge in [0.05, 0.1) is 0 Å². The quantitative estimate of drug-likeness (QED) is 0.196. The molecule has 0 saturated carbocycles. The van der Waals surface area contributed by atoms with E-state index in [1.807, 2.05) is 10.8 Å². The number of unbranched alkanes of at least 4 members (excludes halogenated alkanes) is 9. The Kier molecular flexibility index (Phi) is 11.1. The van der Waals surface area contributed by atoms with Crippen molar-refractivity contribution >= 4 is 43.8 Å². The molecule has 0 aromatic heterocycles. The zero-order valence-corrected chi connectivity index (χ0v) is 19.0. The number of benzene rings is 1. The van der Waals surface area contributed by atoms with Crippen LogP contribution in [0.1, 0.15) is 82.3 Å². The van der Waals surface area contributed by atoms with Gasteiger partial charge in [0.25, 0.3) is 0 Å². The van der Waals surface area contributed by atoms with E-state index in [2.05, 4.69) is 36.9 Å². The van der Waals surface area contributed by atoms with Gasteiger partial charge in [0.1, 0.15) is 0 Å². The van der Waals surface area contributed by atoms with Gasteiger partial charge in [-0.1, -0.05) is 99.9 Å². The van der Waals surface area contributed by atoms with Crippen LogP contribution in [0.5, 0.6) is 0 Å². The summed E-state index contributed by atoms with van der Waals surface area (Å²) < 4.78 is 1.03. The van der Waals surface area contributed by atoms with Gasteiger partial charge >= 0.3 is 0 Å². The molecule has 2 rings (SSSR count). The third-order valence-electron chi connectivity index (χ3n) is 5.19. The molecule has 0 fully saturated rings. The molecule has 0 radical (unpaired) electrons. The Morgan fingerprint density at radius 2 is 1.65 bits per heavy atom. The van der Waals surface area contributed by atoms with Crippen molar-refractivity contribution in [3.05, 3.63) is 29.3 Å². The average Bonchev–Trinajstić information content (AvgIpc) is 3.08. The highest BCUT2D eigenvalue weighted by Crippen LogP contribution is 2.35. The van der Waals surface area contributed by atoms with E-state index in [1.165, 1.54) is 86.8 Å². The van der Waals surface area contributed by atoms with Gasteiger partial charge in [-0.3, -0.25) is 0 Å². The molecule has 1 aromatic rings. The lowest BCUT2D eigenvalue weighted by Gasteiger charge is -2.19. The summed E-state index contributed by atoms with van der Waals surface area (Å²) in [5.74, 6) is 1.22. The lowest BCUT2D eigenvalue weighted by atomic mass is 10.1. The van der Waals surface area contributed by atoms with Crippen molar-refractivity contribution in [2.75, 3.05) is 17.2 Å². The third-order valence-corrected chi connectivity index (χ3v) is 8.24. The maximum atomic E-state index is 5.68. The second kappa shape index (κ2) is 13.1. The van der Waals surface area contributed by atoms with E-state index in [-0.39, 0.29) is 0 Å². The molecular weight excluding hydrogens is 374 g/mol. The Labute approximate surface area is 174 Å². The van der Waals surface area contributed by atoms with Crippen LogP contribution >= 0.6 is 33.8 Å². The summed E-state index contributed by atoms with van der Waals surface area (Å²) in [5, 5.41) is 0. The first-order valence-corrected chi connectivity index (χ1v) is 13.2. The molecule has 26 heavy (non-hydrogen) atoms. The van der Waals surface area contributed by atoms with Crippen LogP contribution in [-0.2, 0) is 6.42 Å². The molecule has 0 unspecified atom stereocenters. The third kappa shape index (κ3) is 7.44. The Morgan fingerprint density at radius 1 is 1.00 bits per heavy atom. The summed E-state index contributed by atoms with van der Waals surface area (Å²) in [6, 6.07) is 6.57. The standard InChI is InChI=1S/C22H35NS3/c1-3-4-5-6-7-8-9-10-11-12-18-25-26-22(24)23-17-16-20-19(2)14-13-15-21(20)23/h13-15H,3-12,16-18H2,1-2H3. The van der Waals surface area contributed by atoms with Gasteiger partial charge in [0.15, 0.2) is 4.32 Å². The zero-order valence-electron chi connectivity index (χ0n) is 16.6. The van der Waals surface area contributed by atoms with Crippen LogP contribution in [0.15, 0.2) is 18.2 Å². The van der Waals surface area contributed by atoms with Crippen molar-refractivity contribution in [3.8, 4) is 0 Å². The molecule has 0 saturated heterocycles. The minimum absolute atomic E-state index is 1.03. The first-order chi connectivity index (χ1) is 12.7. The van der Waals surface area contributed by atoms with Crippen LogP contribution in [-0.4, -0.2) is 16.6 Å². The largest absolute Gasteiger partial charge is 0.326 e. The van der Waals surface area contributed by atoms with Crippen molar-refractivity contribution in [1.29, 1.82) is 0 Å². The molecule has 0 bridgehead atoms. The number of hydrogen-bond acceptors (Lipinski definition) is 3. The lowest BCUT2D eigenvalue weighted by molar-refractivity contribution is 0.563. The number of fused-ring (bicyclic) bond motifs is 1. The fraction of sp³-hybridized carbons (Fsp3) is 0.682. The van der Waals surface area contributed by atoms with Gasteiger partial charge in [-0.05, 0) is 47.8 Å². The van der Waals surface area contributed by atoms with Crippen molar-refractivity contribution in [3.63, 3.8) is 0 Å². The first kappa shape index (κ1) is 22.1. The van der Waals surface area contributed by atoms with E-state index >= 15 is 0 Å². The molecule has 0 N–H and O–H groups in total. The summed E-state index contributed by atoms with van der Waals surface area (Å²) in [5.41, 5.74) is 4.22. The Bertz CT molecular complexity index is 544. The number of anilines is 1. The number of hydrogen-bond donors (Lipinski definition) is 0. The van der Waals surface area contributed by atoms with E-state index in [0.29, 0.717) is 0 Å². The predicted octanol–water partition coefficient (Wildman–Crippen LogP) is 7.94. The van der Waals surface area contributed by atoms with Crippen LogP contribution in [0.2, 0.25) is 0 Å². The number of nitrogens with zero attached hydrogens (tertiary/aromatic N) is 1. The molecule has 1 aliphatic rings. The zero-order chi connectivity index (χ0) is 18.6. The van der Waals surface area contributed by atoms with Crippen molar-refractivity contribution < 1.29 is 0 Å². The van der Waals surface area contributed by atoms with Crippen molar-refractivity contribution in [2.45, 2.75) is 84.5 Å². The molecule has 1 nitrogen and oxygen atoms in total. The molecule has 1 heterocycles. The monoisotopic (exact) mass is 409 g/mol. The summed E-state index contributed by atoms with van der Waals surface area (Å²) in [6.07, 6.45) is 15.2. The highest BCUT2D eigenvalue weighted by atomic mass is 33.1. The van der Waals surface area contributed by atoms with E-state index in [0.717, 1.165) is 17.3 Å². The van der Waals surface area contributed by atoms with Gasteiger partial charge in [-0.25, -0.2) is 0 Å². The minimum Gasteiger partial charge on any atom is -0.326 e. The molecule has 0 atom stereocenters. The van der Waals surface area contributed by atoms with Crippen LogP contribution in [0, 0.1) is 6.92 Å². The summed E-state index contributed by atoms with van der Waals surface area (Å²) in [7, 11) is 3.73. The van der Waals surface area contributed by atoms with Gasteiger partial charge in [-0.15, -0.1) is 0 Å². The van der Waals surface area contributed by atoms with Gasteiger partial charge in [0, 0.05) is 18.0 Å². The maximum absolute atomic E-state index is 5.68. The van der Waals surface area contributed by atoms with E-state index in [4.69, 9.17) is 12.2 Å². The summed E-state index contributed by atoms with van der Waals surface area (Å²) >= 11 is 5.68. The average molecular weight is 410 g/mol. The second-order valence-electron chi connectivity index (χ2n) is 7.33. The van der Waals surface area contributed by atoms with E-state index in [9.17, 15) is 0 Å². The molecule has 0 amide bonds. The smallest absolute Gasteiger partial charge is 0.151 e. The van der Waals surface area contributed by atoms with Gasteiger partial charge in [-0.2, -0.15) is 0 Å². The fourth-order valence-corrected chi connectivity index (χ4v) is 6.17. The molecule has 0 aliphatic carbocycles. The second-order valence-corrected chi connectivity index (χ2v) is 10.4. The molecular formula is C22H35NS3. The minimum atomic E-state index is 1.03. The van der Waals surface area contributed by atoms with Crippen LogP contribution < -0.4 is 4.90 Å². The highest BCUT2D eigenvalue weighted by Gasteiger charge is 2.23. The van der Waals surface area contributed by atoms with Crippen LogP contribution in [0.3, 0.4) is 0 Å². The number of aryl methyl sites for hydroxylation is 1. The predicted molar refractivity (Wildman–Crippen MR) is 127 cm³/mol. The Morgan fingerprint density at radius 3 is 2.35 bits per heavy atom. The van der Waals surface area contributed by atoms with Crippen molar-refractivity contribution in [1.82, 2.24) is 0 Å². The molecule has 146 valence electrons. The van der Waals surface area contributed by atoms with E-state index < -0.39 is 0 Å². The van der Waals surface area contributed by atoms with E-state index in [1.54, 1.807) is 10.8 Å². The summed E-state index contributed by atoms with van der Waals surface area (Å²) in [6.45, 7) is 5.54. The number of rotatable bonds is 12. The maximum Gasteiger partial charge on any atom is 0.151 e. The fourth-order valence-electron chi connectivity index (χ4n) is 3.58. The van der Waals surface area contributed by atoms with Gasteiger partial charge < -0.3 is 4.90 Å². The Hall–Kier alpha value is -0.190. The SMILES string of the molecule is CCCCCCCCCCCCSSC(=S)N1CCc2c(C)cccc21. The van der Waals surface area contributed by atoms with Crippen LogP contribution in [0.25, 0.3) is 0 Å². The Balaban J connectivity index is 1.48. The number of thiocarbonyl (C=S) groups is 1. The summed E-state index contributed by atoms with van der Waals surface area (Å²) in [4.78, 5) is 2.33. The molecule has 4 heteroatoms. The van der Waals surface area contributed by atoms with Crippen LogP contribution in [0.4, 0.5) is 5.69 Å². The normalized spacial score (nSPS) is 13.2. The topological polar surface area (TPSA) is 3.24 Å². The highest BCUT2D eigenvalue weighted by molar-refractivity contribution is 8.83. The molecule has 1 aliphatic heterocycles. The lowest BCUT2D eigenvalue weighted by Crippen LogP contribution is -2.23. The molecule has 1 aromatic carbocycles. The first-order valence-electron chi connectivity index (χ1n) is 10.4. The van der Waals surface area contributed by atoms with Crippen molar-refractivity contribution in [2.24, 2.45) is 0 Å².